The average Bonchev–Trinajstić information content (AvgIpc) is 3.03. The van der Waals surface area contributed by atoms with E-state index in [-0.39, 0.29) is 12.0 Å². The van der Waals surface area contributed by atoms with Crippen molar-refractivity contribution in [1.82, 2.24) is 9.88 Å². The Labute approximate surface area is 143 Å². The van der Waals surface area contributed by atoms with Crippen molar-refractivity contribution in [3.63, 3.8) is 0 Å². The number of piperidine rings is 1. The Morgan fingerprint density at radius 1 is 1.26 bits per heavy atom. The number of amides is 1. The van der Waals surface area contributed by atoms with E-state index < -0.39 is 0 Å². The number of aromatic nitrogens is 1. The Hall–Kier alpha value is -1.87. The molecule has 4 nitrogen and oxygen atoms in total. The van der Waals surface area contributed by atoms with Gasteiger partial charge in [0.25, 0.3) is 5.91 Å². The monoisotopic (exact) mass is 346 g/mol. The zero-order valence-electron chi connectivity index (χ0n) is 12.3. The van der Waals surface area contributed by atoms with E-state index in [0.717, 1.165) is 5.56 Å². The van der Waals surface area contributed by atoms with Gasteiger partial charge in [0, 0.05) is 23.7 Å². The van der Waals surface area contributed by atoms with Crippen molar-refractivity contribution in [3.8, 4) is 11.8 Å². The van der Waals surface area contributed by atoms with E-state index in [4.69, 9.17) is 11.6 Å². The molecule has 1 saturated heterocycles. The summed E-state index contributed by atoms with van der Waals surface area (Å²) in [5.74, 6) is 5.94. The van der Waals surface area contributed by atoms with Crippen molar-refractivity contribution in [2.45, 2.75) is 18.9 Å². The van der Waals surface area contributed by atoms with Crippen LogP contribution in [0.4, 0.5) is 0 Å². The molecule has 0 spiro atoms. The van der Waals surface area contributed by atoms with Crippen LogP contribution in [0, 0.1) is 11.8 Å². The summed E-state index contributed by atoms with van der Waals surface area (Å²) in [7, 11) is 0. The van der Waals surface area contributed by atoms with Crippen molar-refractivity contribution in [3.05, 3.63) is 50.9 Å². The lowest BCUT2D eigenvalue weighted by molar-refractivity contribution is 0.0550. The summed E-state index contributed by atoms with van der Waals surface area (Å²) in [6.07, 6.45) is 2.55. The predicted octanol–water partition coefficient (Wildman–Crippen LogP) is 2.79. The maximum Gasteiger partial charge on any atom is 0.265 e. The smallest absolute Gasteiger partial charge is 0.265 e. The highest BCUT2D eigenvalue weighted by Gasteiger charge is 2.23. The number of carbonyl (C=O) groups excluding carboxylic acids is 1. The Kier molecular flexibility index (Phi) is 4.97. The summed E-state index contributed by atoms with van der Waals surface area (Å²) in [5.41, 5.74) is 0.850. The third-order valence-corrected chi connectivity index (χ3v) is 4.78. The van der Waals surface area contributed by atoms with E-state index >= 15 is 0 Å². The highest BCUT2D eigenvalue weighted by atomic mass is 35.5. The summed E-state index contributed by atoms with van der Waals surface area (Å²) < 4.78 is 0. The summed E-state index contributed by atoms with van der Waals surface area (Å²) in [5, 5.41) is 10.8. The van der Waals surface area contributed by atoms with Gasteiger partial charge in [-0.1, -0.05) is 17.5 Å². The molecule has 1 aliphatic rings. The van der Waals surface area contributed by atoms with E-state index in [2.05, 4.69) is 16.8 Å². The number of nitrogens with zero attached hydrogens (tertiary/aromatic N) is 2. The minimum absolute atomic E-state index is 0.0334. The molecule has 0 radical (unpaired) electrons. The minimum atomic E-state index is -0.290. The standard InChI is InChI=1S/C17H15ClN2O2S/c18-13-4-1-12(2-5-13)3-6-16-19-11-15(23-16)17(22)20-9-7-14(21)8-10-20/h1-2,4-5,11,14,21H,7-10H2. The van der Waals surface area contributed by atoms with Gasteiger partial charge in [0.05, 0.1) is 12.3 Å². The Morgan fingerprint density at radius 3 is 2.65 bits per heavy atom. The number of aliphatic hydroxyl groups excluding tert-OH is 1. The molecule has 2 heterocycles. The second kappa shape index (κ2) is 7.14. The number of halogens is 1. The molecule has 6 heteroatoms. The molecule has 1 amide bonds. The van der Waals surface area contributed by atoms with Gasteiger partial charge in [-0.2, -0.15) is 0 Å². The zero-order valence-corrected chi connectivity index (χ0v) is 13.9. The molecule has 1 N–H and O–H groups in total. The molecular formula is C17H15ClN2O2S. The molecule has 1 aliphatic heterocycles. The van der Waals surface area contributed by atoms with Gasteiger partial charge in [-0.25, -0.2) is 4.98 Å². The second-order valence-electron chi connectivity index (χ2n) is 5.31. The van der Waals surface area contributed by atoms with Crippen LogP contribution in [0.1, 0.15) is 33.1 Å². The number of carbonyl (C=O) groups is 1. The van der Waals surface area contributed by atoms with Crippen LogP contribution in [0.5, 0.6) is 0 Å². The number of thiazole rings is 1. The van der Waals surface area contributed by atoms with Crippen molar-refractivity contribution < 1.29 is 9.90 Å². The van der Waals surface area contributed by atoms with Crippen molar-refractivity contribution in [1.29, 1.82) is 0 Å². The van der Waals surface area contributed by atoms with Crippen LogP contribution in [0.25, 0.3) is 0 Å². The fourth-order valence-corrected chi connectivity index (χ4v) is 3.18. The SMILES string of the molecule is O=C(c1cnc(C#Cc2ccc(Cl)cc2)s1)N1CCC(O)CC1. The van der Waals surface area contributed by atoms with Gasteiger partial charge in [-0.05, 0) is 43.0 Å². The number of hydrogen-bond acceptors (Lipinski definition) is 4. The van der Waals surface area contributed by atoms with Gasteiger partial charge in [-0.3, -0.25) is 4.79 Å². The fraction of sp³-hybridized carbons (Fsp3) is 0.294. The van der Waals surface area contributed by atoms with Crippen LogP contribution < -0.4 is 0 Å². The topological polar surface area (TPSA) is 53.4 Å². The molecule has 23 heavy (non-hydrogen) atoms. The predicted molar refractivity (Wildman–Crippen MR) is 90.7 cm³/mol. The number of likely N-dealkylation sites (tertiary alicyclic amines) is 1. The zero-order chi connectivity index (χ0) is 16.2. The molecule has 0 unspecified atom stereocenters. The first kappa shape index (κ1) is 16.0. The molecule has 1 aromatic carbocycles. The highest BCUT2D eigenvalue weighted by Crippen LogP contribution is 2.18. The summed E-state index contributed by atoms with van der Waals surface area (Å²) in [6, 6.07) is 7.25. The van der Waals surface area contributed by atoms with Gasteiger partial charge in [0.2, 0.25) is 0 Å². The molecule has 1 fully saturated rings. The van der Waals surface area contributed by atoms with E-state index in [0.29, 0.717) is 40.8 Å². The number of benzene rings is 1. The van der Waals surface area contributed by atoms with Gasteiger partial charge in [-0.15, -0.1) is 11.3 Å². The quantitative estimate of drug-likeness (QED) is 0.808. The fourth-order valence-electron chi connectivity index (χ4n) is 2.31. The lowest BCUT2D eigenvalue weighted by atomic mass is 10.1. The summed E-state index contributed by atoms with van der Waals surface area (Å²) >= 11 is 7.13. The van der Waals surface area contributed by atoms with E-state index in [9.17, 15) is 9.90 Å². The normalized spacial score (nSPS) is 15.1. The van der Waals surface area contributed by atoms with Crippen LogP contribution in [0.2, 0.25) is 5.02 Å². The molecule has 118 valence electrons. The lowest BCUT2D eigenvalue weighted by Gasteiger charge is -2.29. The van der Waals surface area contributed by atoms with Gasteiger partial charge in [0.1, 0.15) is 4.88 Å². The molecule has 0 atom stereocenters. The average molecular weight is 347 g/mol. The van der Waals surface area contributed by atoms with Gasteiger partial charge < -0.3 is 10.0 Å². The maximum atomic E-state index is 12.4. The van der Waals surface area contributed by atoms with Crippen LogP contribution in [0.3, 0.4) is 0 Å². The van der Waals surface area contributed by atoms with Gasteiger partial charge in [0.15, 0.2) is 5.01 Å². The molecule has 0 saturated carbocycles. The van der Waals surface area contributed by atoms with Crippen LogP contribution >= 0.6 is 22.9 Å². The van der Waals surface area contributed by atoms with Crippen molar-refractivity contribution in [2.75, 3.05) is 13.1 Å². The first-order valence-electron chi connectivity index (χ1n) is 7.32. The Morgan fingerprint density at radius 2 is 1.96 bits per heavy atom. The van der Waals surface area contributed by atoms with Crippen molar-refractivity contribution >= 4 is 28.8 Å². The third-order valence-electron chi connectivity index (χ3n) is 3.63. The first-order chi connectivity index (χ1) is 11.1. The molecular weight excluding hydrogens is 332 g/mol. The molecule has 3 rings (SSSR count). The van der Waals surface area contributed by atoms with Crippen molar-refractivity contribution in [2.24, 2.45) is 0 Å². The molecule has 2 aromatic rings. The molecule has 1 aromatic heterocycles. The number of aliphatic hydroxyl groups is 1. The van der Waals surface area contributed by atoms with E-state index in [1.54, 1.807) is 23.2 Å². The Balaban J connectivity index is 1.68. The maximum absolute atomic E-state index is 12.4. The van der Waals surface area contributed by atoms with E-state index in [1.165, 1.54) is 11.3 Å². The summed E-state index contributed by atoms with van der Waals surface area (Å²) in [6.45, 7) is 1.17. The number of rotatable bonds is 1. The number of hydrogen-bond donors (Lipinski definition) is 1. The van der Waals surface area contributed by atoms with Gasteiger partial charge >= 0.3 is 0 Å². The van der Waals surface area contributed by atoms with Crippen LogP contribution in [-0.2, 0) is 0 Å². The van der Waals surface area contributed by atoms with Crippen LogP contribution in [-0.4, -0.2) is 40.1 Å². The van der Waals surface area contributed by atoms with Crippen LogP contribution in [0.15, 0.2) is 30.5 Å². The minimum Gasteiger partial charge on any atom is -0.393 e. The Bertz CT molecular complexity index is 753. The third kappa shape index (κ3) is 4.11. The molecule has 0 bridgehead atoms. The second-order valence-corrected chi connectivity index (χ2v) is 6.78. The first-order valence-corrected chi connectivity index (χ1v) is 8.52. The highest BCUT2D eigenvalue weighted by molar-refractivity contribution is 7.14. The largest absolute Gasteiger partial charge is 0.393 e. The molecule has 0 aliphatic carbocycles. The van der Waals surface area contributed by atoms with E-state index in [1.807, 2.05) is 12.1 Å². The lowest BCUT2D eigenvalue weighted by Crippen LogP contribution is -2.39. The summed E-state index contributed by atoms with van der Waals surface area (Å²) in [4.78, 5) is 18.9.